The summed E-state index contributed by atoms with van der Waals surface area (Å²) < 4.78 is 57.7. The van der Waals surface area contributed by atoms with Gasteiger partial charge in [-0.2, -0.15) is 10.1 Å². The minimum atomic E-state index is -3.62. The maximum absolute atomic E-state index is 14.3. The highest BCUT2D eigenvalue weighted by atomic mass is 32.2. The van der Waals surface area contributed by atoms with Gasteiger partial charge in [0.05, 0.1) is 22.2 Å². The van der Waals surface area contributed by atoms with Crippen molar-refractivity contribution in [2.75, 3.05) is 43.1 Å². The number of amides is 1. The zero-order chi connectivity index (χ0) is 33.6. The smallest absolute Gasteiger partial charge is 0.231 e. The number of carbonyl (C=O) groups is 1. The number of pyridine rings is 1. The van der Waals surface area contributed by atoms with E-state index in [-0.39, 0.29) is 18.7 Å². The number of sulfonamides is 1. The van der Waals surface area contributed by atoms with Gasteiger partial charge in [-0.1, -0.05) is 23.5 Å². The number of carbonyl (C=O) groups excluding carboxylic acids is 1. The first-order valence-corrected chi connectivity index (χ1v) is 17.9. The van der Waals surface area contributed by atoms with Crippen molar-refractivity contribution in [3.05, 3.63) is 65.4 Å². The van der Waals surface area contributed by atoms with E-state index in [1.165, 1.54) is 23.5 Å². The summed E-state index contributed by atoms with van der Waals surface area (Å²) in [6, 6.07) is 11.2. The number of piperidine rings is 1. The Labute approximate surface area is 275 Å². The molecule has 47 heavy (non-hydrogen) atoms. The van der Waals surface area contributed by atoms with Crippen LogP contribution in [0.5, 0.6) is 0 Å². The lowest BCUT2D eigenvalue weighted by Crippen LogP contribution is -2.41. The number of thiazole rings is 1. The van der Waals surface area contributed by atoms with E-state index in [1.54, 1.807) is 23.9 Å². The highest BCUT2D eigenvalue weighted by Crippen LogP contribution is 2.41. The Kier molecular flexibility index (Phi) is 8.89. The van der Waals surface area contributed by atoms with Gasteiger partial charge in [0, 0.05) is 61.1 Å². The number of aromatic nitrogens is 4. The molecule has 3 aromatic heterocycles. The molecule has 1 fully saturated rings. The van der Waals surface area contributed by atoms with Crippen LogP contribution in [0.25, 0.3) is 32.4 Å². The van der Waals surface area contributed by atoms with Crippen molar-refractivity contribution in [2.45, 2.75) is 37.6 Å². The fourth-order valence-corrected chi connectivity index (χ4v) is 7.93. The molecule has 1 aliphatic rings. The molecule has 0 bridgehead atoms. The van der Waals surface area contributed by atoms with E-state index < -0.39 is 33.5 Å². The lowest BCUT2D eigenvalue weighted by molar-refractivity contribution is -0.118. The summed E-state index contributed by atoms with van der Waals surface area (Å²) in [6.45, 7) is 1.70. The number of aryl methyl sites for hydroxylation is 1. The third-order valence-electron chi connectivity index (χ3n) is 8.54. The monoisotopic (exact) mass is 682 g/mol. The van der Waals surface area contributed by atoms with Crippen molar-refractivity contribution in [2.24, 2.45) is 12.8 Å². The minimum absolute atomic E-state index is 0.0837. The van der Waals surface area contributed by atoms with Gasteiger partial charge in [-0.3, -0.25) is 14.2 Å². The number of nitrogens with one attached hydrogen (secondary N) is 1. The molecule has 4 heterocycles. The number of halogens is 2. The van der Waals surface area contributed by atoms with Crippen molar-refractivity contribution in [1.29, 1.82) is 0 Å². The second kappa shape index (κ2) is 12.8. The topological polar surface area (TPSA) is 139 Å². The van der Waals surface area contributed by atoms with Crippen LogP contribution in [-0.2, 0) is 28.3 Å². The molecule has 0 unspecified atom stereocenters. The summed E-state index contributed by atoms with van der Waals surface area (Å²) in [5.74, 6) is -2.54. The zero-order valence-electron chi connectivity index (χ0n) is 26.5. The Bertz CT molecular complexity index is 2070. The molecular formula is C32H36F2N8O3S2. The Morgan fingerprint density at radius 3 is 2.45 bits per heavy atom. The summed E-state index contributed by atoms with van der Waals surface area (Å²) in [7, 11) is 2.28. The lowest BCUT2D eigenvalue weighted by atomic mass is 9.87. The van der Waals surface area contributed by atoms with E-state index in [1.807, 2.05) is 12.1 Å². The van der Waals surface area contributed by atoms with Crippen LogP contribution in [-0.4, -0.2) is 78.5 Å². The van der Waals surface area contributed by atoms with Crippen LogP contribution >= 0.6 is 11.3 Å². The van der Waals surface area contributed by atoms with Gasteiger partial charge in [0.2, 0.25) is 15.9 Å². The average molecular weight is 683 g/mol. The Hall–Kier alpha value is -4.21. The van der Waals surface area contributed by atoms with Crippen LogP contribution in [0.3, 0.4) is 0 Å². The standard InChI is InChI=1S/C32H36F2N8O3S2/c1-40(2)22-8-10-42(11-9-22)32-37-31-26(46-32)17-25(23-6-5-7-24-29(23)41(3)38-30(24)39-47(4,44)45)28(36-31)19(15-27(35)43)12-18-13-20(33)16-21(34)14-18/h5-7,13-14,16-17,19,22H,8-12,15H2,1-4H3,(H2,35,43)(H,38,39)/t19-/m0/s1. The molecule has 248 valence electrons. The molecule has 0 radical (unpaired) electrons. The molecule has 0 aliphatic carbocycles. The first-order chi connectivity index (χ1) is 22.3. The molecule has 11 nitrogen and oxygen atoms in total. The van der Waals surface area contributed by atoms with Gasteiger partial charge < -0.3 is 15.5 Å². The van der Waals surface area contributed by atoms with Crippen LogP contribution in [0.2, 0.25) is 0 Å². The van der Waals surface area contributed by atoms with E-state index in [0.717, 1.165) is 48.1 Å². The maximum Gasteiger partial charge on any atom is 0.231 e. The predicted molar refractivity (Wildman–Crippen MR) is 181 cm³/mol. The largest absolute Gasteiger partial charge is 0.370 e. The van der Waals surface area contributed by atoms with E-state index in [2.05, 4.69) is 33.7 Å². The molecule has 1 amide bonds. The molecule has 0 spiro atoms. The summed E-state index contributed by atoms with van der Waals surface area (Å²) in [5.41, 5.74) is 9.04. The third-order valence-corrected chi connectivity index (χ3v) is 10.2. The van der Waals surface area contributed by atoms with Gasteiger partial charge in [0.25, 0.3) is 0 Å². The summed E-state index contributed by atoms with van der Waals surface area (Å²) in [4.78, 5) is 26.9. The molecule has 5 aromatic rings. The van der Waals surface area contributed by atoms with Gasteiger partial charge in [0.1, 0.15) is 11.6 Å². The molecule has 1 atom stereocenters. The van der Waals surface area contributed by atoms with E-state index in [4.69, 9.17) is 15.7 Å². The van der Waals surface area contributed by atoms with Gasteiger partial charge in [-0.05, 0) is 63.2 Å². The van der Waals surface area contributed by atoms with Gasteiger partial charge in [-0.15, -0.1) is 0 Å². The number of rotatable bonds is 10. The van der Waals surface area contributed by atoms with Crippen molar-refractivity contribution >= 4 is 59.5 Å². The fraction of sp³-hybridized carbons (Fsp3) is 0.375. The second-order valence-corrected chi connectivity index (χ2v) is 15.1. The van der Waals surface area contributed by atoms with Crippen LogP contribution in [0.4, 0.5) is 19.7 Å². The van der Waals surface area contributed by atoms with Gasteiger partial charge in [-0.25, -0.2) is 22.2 Å². The quantitative estimate of drug-likeness (QED) is 0.218. The molecule has 15 heteroatoms. The normalized spacial score (nSPS) is 15.2. The predicted octanol–water partition coefficient (Wildman–Crippen LogP) is 4.63. The lowest BCUT2D eigenvalue weighted by Gasteiger charge is -2.34. The molecule has 1 aliphatic heterocycles. The average Bonchev–Trinajstić information content (AvgIpc) is 3.54. The van der Waals surface area contributed by atoms with Gasteiger partial charge >= 0.3 is 0 Å². The number of para-hydroxylation sites is 1. The Morgan fingerprint density at radius 1 is 1.11 bits per heavy atom. The maximum atomic E-state index is 14.3. The molecule has 0 saturated carbocycles. The molecule has 2 aromatic carbocycles. The van der Waals surface area contributed by atoms with Crippen molar-refractivity contribution in [3.8, 4) is 11.1 Å². The highest BCUT2D eigenvalue weighted by Gasteiger charge is 2.28. The number of hydrogen-bond acceptors (Lipinski definition) is 9. The number of hydrogen-bond donors (Lipinski definition) is 2. The summed E-state index contributed by atoms with van der Waals surface area (Å²) in [6.07, 6.45) is 3.01. The second-order valence-electron chi connectivity index (χ2n) is 12.3. The highest BCUT2D eigenvalue weighted by molar-refractivity contribution is 7.92. The van der Waals surface area contributed by atoms with Crippen molar-refractivity contribution in [1.82, 2.24) is 24.6 Å². The minimum Gasteiger partial charge on any atom is -0.370 e. The Morgan fingerprint density at radius 2 is 1.81 bits per heavy atom. The summed E-state index contributed by atoms with van der Waals surface area (Å²) in [5, 5.41) is 5.85. The van der Waals surface area contributed by atoms with Crippen molar-refractivity contribution < 1.29 is 22.0 Å². The van der Waals surface area contributed by atoms with Crippen LogP contribution < -0.4 is 15.4 Å². The Balaban J connectivity index is 1.53. The molecule has 3 N–H and O–H groups in total. The molecular weight excluding hydrogens is 647 g/mol. The third kappa shape index (κ3) is 7.06. The summed E-state index contributed by atoms with van der Waals surface area (Å²) >= 11 is 1.52. The number of anilines is 2. The molecule has 6 rings (SSSR count). The number of primary amides is 1. The number of nitrogens with zero attached hydrogens (tertiary/aromatic N) is 6. The number of fused-ring (bicyclic) bond motifs is 2. The first kappa shape index (κ1) is 32.7. The van der Waals surface area contributed by atoms with Crippen LogP contribution in [0.15, 0.2) is 42.5 Å². The van der Waals surface area contributed by atoms with Crippen LogP contribution in [0.1, 0.15) is 36.4 Å². The number of nitrogens with two attached hydrogens (primary N) is 1. The fourth-order valence-electron chi connectivity index (χ4n) is 6.43. The SMILES string of the molecule is CN(C)C1CCN(c2nc3nc([C@H](CC(N)=O)Cc4cc(F)cc(F)c4)c(-c4cccc5c(NS(C)(=O)=O)nn(C)c45)cc3s2)CC1. The van der Waals surface area contributed by atoms with Crippen LogP contribution in [0, 0.1) is 11.6 Å². The van der Waals surface area contributed by atoms with E-state index in [0.29, 0.717) is 45.0 Å². The first-order valence-electron chi connectivity index (χ1n) is 15.2. The zero-order valence-corrected chi connectivity index (χ0v) is 28.1. The van der Waals surface area contributed by atoms with Crippen molar-refractivity contribution in [3.63, 3.8) is 0 Å². The van der Waals surface area contributed by atoms with E-state index in [9.17, 15) is 22.0 Å². The van der Waals surface area contributed by atoms with Gasteiger partial charge in [0.15, 0.2) is 16.6 Å². The number of benzene rings is 2. The molecule has 1 saturated heterocycles. The van der Waals surface area contributed by atoms with E-state index >= 15 is 0 Å².